The number of hydrogen-bond donors (Lipinski definition) is 2. The molecular weight excluding hydrogens is 416 g/mol. The molecule has 5 nitrogen and oxygen atoms in total. The van der Waals surface area contributed by atoms with Crippen LogP contribution in [0.2, 0.25) is 0 Å². The number of amides is 1. The van der Waals surface area contributed by atoms with E-state index in [0.29, 0.717) is 10.6 Å². The summed E-state index contributed by atoms with van der Waals surface area (Å²) >= 11 is 5.01. The van der Waals surface area contributed by atoms with Crippen LogP contribution in [0.25, 0.3) is 0 Å². The van der Waals surface area contributed by atoms with E-state index in [4.69, 9.17) is 4.74 Å². The van der Waals surface area contributed by atoms with Crippen LogP contribution in [0.5, 0.6) is 0 Å². The highest BCUT2D eigenvalue weighted by atomic mass is 79.9. The highest BCUT2D eigenvalue weighted by Crippen LogP contribution is 2.39. The molecule has 0 saturated carbocycles. The topological polar surface area (TPSA) is 67.4 Å². The molecule has 1 aromatic carbocycles. The summed E-state index contributed by atoms with van der Waals surface area (Å²) in [4.78, 5) is 25.7. The first-order chi connectivity index (χ1) is 12.5. The fourth-order valence-corrected chi connectivity index (χ4v) is 5.08. The van der Waals surface area contributed by atoms with Crippen LogP contribution in [0.15, 0.2) is 28.7 Å². The second-order valence-corrected chi connectivity index (χ2v) is 8.18. The van der Waals surface area contributed by atoms with Crippen molar-refractivity contribution in [3.63, 3.8) is 0 Å². The van der Waals surface area contributed by atoms with Gasteiger partial charge in [0.1, 0.15) is 5.00 Å². The minimum absolute atomic E-state index is 0.0183. The zero-order valence-corrected chi connectivity index (χ0v) is 17.1. The maximum atomic E-state index is 12.4. The molecule has 1 atom stereocenters. The molecule has 26 heavy (non-hydrogen) atoms. The van der Waals surface area contributed by atoms with Crippen LogP contribution in [0.1, 0.15) is 45.7 Å². The van der Waals surface area contributed by atoms with Crippen molar-refractivity contribution < 1.29 is 14.3 Å². The number of ether oxygens (including phenoxy) is 1. The first-order valence-electron chi connectivity index (χ1n) is 8.51. The molecule has 2 N–H and O–H groups in total. The number of anilines is 1. The van der Waals surface area contributed by atoms with Gasteiger partial charge in [-0.3, -0.25) is 4.79 Å². The fourth-order valence-electron chi connectivity index (χ4n) is 3.16. The van der Waals surface area contributed by atoms with Crippen LogP contribution < -0.4 is 10.6 Å². The number of hydrogen-bond acceptors (Lipinski definition) is 5. The van der Waals surface area contributed by atoms with Gasteiger partial charge in [-0.15, -0.1) is 11.3 Å². The van der Waals surface area contributed by atoms with Crippen molar-refractivity contribution in [2.75, 3.05) is 19.0 Å². The molecule has 0 spiro atoms. The Morgan fingerprint density at radius 1 is 1.31 bits per heavy atom. The normalized spacial score (nSPS) is 14.0. The molecular formula is C19H21BrN2O3S. The minimum Gasteiger partial charge on any atom is -0.465 e. The van der Waals surface area contributed by atoms with E-state index in [1.165, 1.54) is 23.3 Å². The molecule has 0 saturated heterocycles. The standard InChI is InChI=1S/C19H21BrN2O3S/c1-11(12-6-3-4-8-14(12)20)21-10-16(23)22-18-17(19(24)25-2)13-7-5-9-15(13)26-18/h3-4,6,8,11,21H,5,7,9-10H2,1-2H3,(H,22,23). The van der Waals surface area contributed by atoms with Gasteiger partial charge in [0.05, 0.1) is 19.2 Å². The van der Waals surface area contributed by atoms with E-state index >= 15 is 0 Å². The van der Waals surface area contributed by atoms with E-state index in [1.807, 2.05) is 31.2 Å². The largest absolute Gasteiger partial charge is 0.465 e. The molecule has 0 aliphatic heterocycles. The van der Waals surface area contributed by atoms with Crippen LogP contribution in [-0.2, 0) is 22.4 Å². The first-order valence-corrected chi connectivity index (χ1v) is 10.1. The molecule has 1 unspecified atom stereocenters. The van der Waals surface area contributed by atoms with Crippen molar-refractivity contribution in [2.24, 2.45) is 0 Å². The predicted molar refractivity (Wildman–Crippen MR) is 107 cm³/mol. The lowest BCUT2D eigenvalue weighted by Gasteiger charge is -2.15. The molecule has 1 amide bonds. The summed E-state index contributed by atoms with van der Waals surface area (Å²) in [5, 5.41) is 6.70. The Balaban J connectivity index is 1.66. The second-order valence-electron chi connectivity index (χ2n) is 6.23. The van der Waals surface area contributed by atoms with Gasteiger partial charge >= 0.3 is 5.97 Å². The summed E-state index contributed by atoms with van der Waals surface area (Å²) in [7, 11) is 1.37. The molecule has 1 heterocycles. The molecule has 1 aromatic heterocycles. The van der Waals surface area contributed by atoms with Gasteiger partial charge in [0, 0.05) is 15.4 Å². The Morgan fingerprint density at radius 3 is 2.81 bits per heavy atom. The van der Waals surface area contributed by atoms with E-state index in [9.17, 15) is 9.59 Å². The van der Waals surface area contributed by atoms with Crippen LogP contribution in [0, 0.1) is 0 Å². The van der Waals surface area contributed by atoms with E-state index in [2.05, 4.69) is 26.6 Å². The third-order valence-electron chi connectivity index (χ3n) is 4.50. The molecule has 2 aromatic rings. The van der Waals surface area contributed by atoms with Gasteiger partial charge < -0.3 is 15.4 Å². The molecule has 7 heteroatoms. The SMILES string of the molecule is COC(=O)c1c(NC(=O)CNC(C)c2ccccc2Br)sc2c1CCC2. The molecule has 1 aliphatic rings. The first kappa shape index (κ1) is 19.1. The number of rotatable bonds is 6. The van der Waals surface area contributed by atoms with Crippen molar-refractivity contribution >= 4 is 44.1 Å². The third kappa shape index (κ3) is 4.00. The highest BCUT2D eigenvalue weighted by Gasteiger charge is 2.28. The van der Waals surface area contributed by atoms with E-state index < -0.39 is 0 Å². The molecule has 0 bridgehead atoms. The summed E-state index contributed by atoms with van der Waals surface area (Å²) in [6, 6.07) is 7.93. The van der Waals surface area contributed by atoms with E-state index in [0.717, 1.165) is 34.9 Å². The Morgan fingerprint density at radius 2 is 2.08 bits per heavy atom. The van der Waals surface area contributed by atoms with Crippen LogP contribution in [0.3, 0.4) is 0 Å². The summed E-state index contributed by atoms with van der Waals surface area (Å²) in [6.07, 6.45) is 2.87. The number of thiophene rings is 1. The molecule has 138 valence electrons. The van der Waals surface area contributed by atoms with Crippen molar-refractivity contribution in [1.29, 1.82) is 0 Å². The number of fused-ring (bicyclic) bond motifs is 1. The lowest BCUT2D eigenvalue weighted by Crippen LogP contribution is -2.30. The summed E-state index contributed by atoms with van der Waals surface area (Å²) < 4.78 is 5.91. The van der Waals surface area contributed by atoms with Gasteiger partial charge in [0.15, 0.2) is 0 Å². The van der Waals surface area contributed by atoms with Crippen molar-refractivity contribution in [2.45, 2.75) is 32.2 Å². The Kier molecular flexibility index (Phi) is 6.11. The number of benzene rings is 1. The Bertz CT molecular complexity index is 834. The smallest absolute Gasteiger partial charge is 0.341 e. The molecule has 3 rings (SSSR count). The van der Waals surface area contributed by atoms with Gasteiger partial charge in [-0.2, -0.15) is 0 Å². The van der Waals surface area contributed by atoms with E-state index in [-0.39, 0.29) is 24.5 Å². The van der Waals surface area contributed by atoms with Crippen molar-refractivity contribution in [3.05, 3.63) is 50.3 Å². The number of halogens is 1. The second kappa shape index (κ2) is 8.33. The maximum absolute atomic E-state index is 12.4. The Labute approximate surface area is 165 Å². The van der Waals surface area contributed by atoms with Gasteiger partial charge in [-0.25, -0.2) is 4.79 Å². The summed E-state index contributed by atoms with van der Waals surface area (Å²) in [5.41, 5.74) is 2.65. The number of carbonyl (C=O) groups is 2. The molecule has 0 radical (unpaired) electrons. The fraction of sp³-hybridized carbons (Fsp3) is 0.368. The highest BCUT2D eigenvalue weighted by molar-refractivity contribution is 9.10. The average Bonchev–Trinajstić information content (AvgIpc) is 3.20. The number of esters is 1. The van der Waals surface area contributed by atoms with Gasteiger partial charge in [0.25, 0.3) is 0 Å². The third-order valence-corrected chi connectivity index (χ3v) is 6.43. The average molecular weight is 437 g/mol. The summed E-state index contributed by atoms with van der Waals surface area (Å²) in [5.74, 6) is -0.553. The van der Waals surface area contributed by atoms with Crippen LogP contribution >= 0.6 is 27.3 Å². The lowest BCUT2D eigenvalue weighted by molar-refractivity contribution is -0.115. The zero-order valence-electron chi connectivity index (χ0n) is 14.7. The number of methoxy groups -OCH3 is 1. The number of aryl methyl sites for hydroxylation is 1. The van der Waals surface area contributed by atoms with Crippen LogP contribution in [0.4, 0.5) is 5.00 Å². The predicted octanol–water partition coefficient (Wildman–Crippen LogP) is 4.08. The quantitative estimate of drug-likeness (QED) is 0.669. The lowest BCUT2D eigenvalue weighted by atomic mass is 10.1. The monoisotopic (exact) mass is 436 g/mol. The molecule has 0 fully saturated rings. The van der Waals surface area contributed by atoms with Crippen molar-refractivity contribution in [1.82, 2.24) is 5.32 Å². The van der Waals surface area contributed by atoms with Crippen LogP contribution in [-0.4, -0.2) is 25.5 Å². The van der Waals surface area contributed by atoms with Gasteiger partial charge in [0.2, 0.25) is 5.91 Å². The minimum atomic E-state index is -0.380. The molecule has 1 aliphatic carbocycles. The van der Waals surface area contributed by atoms with Gasteiger partial charge in [-0.05, 0) is 43.4 Å². The zero-order chi connectivity index (χ0) is 18.7. The number of nitrogens with one attached hydrogen (secondary N) is 2. The maximum Gasteiger partial charge on any atom is 0.341 e. The summed E-state index contributed by atoms with van der Waals surface area (Å²) in [6.45, 7) is 2.17. The van der Waals surface area contributed by atoms with E-state index in [1.54, 1.807) is 0 Å². The van der Waals surface area contributed by atoms with Crippen molar-refractivity contribution in [3.8, 4) is 0 Å². The number of carbonyl (C=O) groups excluding carboxylic acids is 2. The van der Waals surface area contributed by atoms with Gasteiger partial charge in [-0.1, -0.05) is 34.1 Å². The Hall–Kier alpha value is -1.70.